The van der Waals surface area contributed by atoms with Crippen LogP contribution >= 0.6 is 39.3 Å². The first-order valence-electron chi connectivity index (χ1n) is 6.58. The number of non-ortho nitro benzene ring substituents is 1. The van der Waals surface area contributed by atoms with Gasteiger partial charge >= 0.3 is 0 Å². The van der Waals surface area contributed by atoms with Gasteiger partial charge in [-0.2, -0.15) is 0 Å². The van der Waals surface area contributed by atoms with Gasteiger partial charge in [0.15, 0.2) is 0 Å². The number of benzene rings is 2. The molecule has 8 heteroatoms. The quantitative estimate of drug-likeness (QED) is 0.403. The number of anilines is 1. The van der Waals surface area contributed by atoms with E-state index < -0.39 is 4.92 Å². The van der Waals surface area contributed by atoms with Gasteiger partial charge in [-0.15, -0.1) is 11.8 Å². The number of carbonyl (C=O) groups is 1. The van der Waals surface area contributed by atoms with Crippen LogP contribution in [0.3, 0.4) is 0 Å². The van der Waals surface area contributed by atoms with Gasteiger partial charge in [0, 0.05) is 39.4 Å². The maximum Gasteiger partial charge on any atom is 0.270 e. The largest absolute Gasteiger partial charge is 0.326 e. The fourth-order valence-electron chi connectivity index (χ4n) is 1.73. The lowest BCUT2D eigenvalue weighted by molar-refractivity contribution is -0.384. The molecule has 0 aromatic heterocycles. The van der Waals surface area contributed by atoms with Crippen molar-refractivity contribution < 1.29 is 9.72 Å². The maximum absolute atomic E-state index is 11.9. The predicted molar refractivity (Wildman–Crippen MR) is 96.2 cm³/mol. The van der Waals surface area contributed by atoms with Crippen molar-refractivity contribution in [1.29, 1.82) is 0 Å². The Hall–Kier alpha value is -1.57. The minimum Gasteiger partial charge on any atom is -0.326 e. The Morgan fingerprint density at radius 2 is 1.96 bits per heavy atom. The predicted octanol–water partition coefficient (Wildman–Crippen LogP) is 5.13. The summed E-state index contributed by atoms with van der Waals surface area (Å²) >= 11 is 10.7. The van der Waals surface area contributed by atoms with Crippen LogP contribution in [0.1, 0.15) is 6.42 Å². The van der Waals surface area contributed by atoms with Gasteiger partial charge in [0.05, 0.1) is 9.95 Å². The molecule has 0 radical (unpaired) electrons. The summed E-state index contributed by atoms with van der Waals surface area (Å²) < 4.78 is 0.943. The fraction of sp³-hybridized carbons (Fsp3) is 0.133. The number of halogens is 2. The molecule has 0 saturated carbocycles. The second-order valence-electron chi connectivity index (χ2n) is 4.53. The molecule has 2 rings (SSSR count). The second kappa shape index (κ2) is 8.33. The van der Waals surface area contributed by atoms with E-state index in [-0.39, 0.29) is 11.6 Å². The van der Waals surface area contributed by atoms with Gasteiger partial charge in [0.1, 0.15) is 0 Å². The molecular weight excluding hydrogens is 404 g/mol. The monoisotopic (exact) mass is 414 g/mol. The van der Waals surface area contributed by atoms with Crippen LogP contribution in [0.4, 0.5) is 11.4 Å². The van der Waals surface area contributed by atoms with Gasteiger partial charge in [-0.3, -0.25) is 14.9 Å². The number of nitrogens with zero attached hydrogens (tertiary/aromatic N) is 1. The fourth-order valence-corrected chi connectivity index (χ4v) is 3.20. The lowest BCUT2D eigenvalue weighted by Gasteiger charge is -2.06. The van der Waals surface area contributed by atoms with Gasteiger partial charge in [0.25, 0.3) is 5.69 Å². The van der Waals surface area contributed by atoms with Crippen molar-refractivity contribution in [2.75, 3.05) is 11.1 Å². The summed E-state index contributed by atoms with van der Waals surface area (Å²) in [6, 6.07) is 11.6. The number of nitrogens with one attached hydrogen (secondary N) is 1. The highest BCUT2D eigenvalue weighted by Crippen LogP contribution is 2.30. The number of hydrogen-bond acceptors (Lipinski definition) is 4. The topological polar surface area (TPSA) is 72.2 Å². The highest BCUT2D eigenvalue weighted by Gasteiger charge is 2.10. The zero-order chi connectivity index (χ0) is 16.8. The summed E-state index contributed by atoms with van der Waals surface area (Å²) in [5.74, 6) is 0.428. The van der Waals surface area contributed by atoms with Crippen molar-refractivity contribution in [2.24, 2.45) is 0 Å². The zero-order valence-corrected chi connectivity index (χ0v) is 15.0. The van der Waals surface area contributed by atoms with E-state index in [4.69, 9.17) is 11.6 Å². The Labute approximate surface area is 150 Å². The SMILES string of the molecule is O=C(CCSc1ccc([N+](=O)[O-])cc1Cl)Nc1ccc(Br)cc1. The van der Waals surface area contributed by atoms with Crippen LogP contribution in [0.15, 0.2) is 51.8 Å². The third kappa shape index (κ3) is 5.53. The molecule has 5 nitrogen and oxygen atoms in total. The third-order valence-corrected chi connectivity index (χ3v) is 4.87. The van der Waals surface area contributed by atoms with Crippen molar-refractivity contribution in [2.45, 2.75) is 11.3 Å². The van der Waals surface area contributed by atoms with Crippen LogP contribution in [0, 0.1) is 10.1 Å². The number of nitro groups is 1. The third-order valence-electron chi connectivity index (χ3n) is 2.84. The smallest absolute Gasteiger partial charge is 0.270 e. The molecule has 0 fully saturated rings. The Morgan fingerprint density at radius 1 is 1.26 bits per heavy atom. The molecule has 23 heavy (non-hydrogen) atoms. The Balaban J connectivity index is 1.83. The van der Waals surface area contributed by atoms with Crippen molar-refractivity contribution in [3.8, 4) is 0 Å². The van der Waals surface area contributed by atoms with Gasteiger partial charge < -0.3 is 5.32 Å². The maximum atomic E-state index is 11.9. The van der Waals surface area contributed by atoms with Crippen LogP contribution in [-0.4, -0.2) is 16.6 Å². The Kier molecular flexibility index (Phi) is 6.44. The first kappa shape index (κ1) is 17.8. The highest BCUT2D eigenvalue weighted by molar-refractivity contribution is 9.10. The molecule has 0 saturated heterocycles. The molecule has 2 aromatic carbocycles. The average Bonchev–Trinajstić information content (AvgIpc) is 2.51. The van der Waals surface area contributed by atoms with Gasteiger partial charge in [0.2, 0.25) is 5.91 Å². The van der Waals surface area contributed by atoms with E-state index in [0.29, 0.717) is 22.1 Å². The van der Waals surface area contributed by atoms with Gasteiger partial charge in [-0.1, -0.05) is 27.5 Å². The van der Waals surface area contributed by atoms with Gasteiger partial charge in [-0.25, -0.2) is 0 Å². The minimum absolute atomic E-state index is 0.0488. The number of hydrogen-bond donors (Lipinski definition) is 1. The lowest BCUT2D eigenvalue weighted by atomic mass is 10.3. The minimum atomic E-state index is -0.494. The van der Waals surface area contributed by atoms with Crippen molar-refractivity contribution in [3.63, 3.8) is 0 Å². The van der Waals surface area contributed by atoms with Gasteiger partial charge in [-0.05, 0) is 30.3 Å². The molecule has 0 heterocycles. The molecule has 0 aliphatic heterocycles. The molecule has 0 spiro atoms. The molecule has 1 amide bonds. The first-order chi connectivity index (χ1) is 11.0. The summed E-state index contributed by atoms with van der Waals surface area (Å²) in [6.07, 6.45) is 0.314. The summed E-state index contributed by atoms with van der Waals surface area (Å²) in [4.78, 5) is 22.7. The average molecular weight is 416 g/mol. The van der Waals surface area contributed by atoms with Crippen LogP contribution in [-0.2, 0) is 4.79 Å². The summed E-state index contributed by atoms with van der Waals surface area (Å²) in [6.45, 7) is 0. The molecule has 0 unspecified atom stereocenters. The lowest BCUT2D eigenvalue weighted by Crippen LogP contribution is -2.11. The van der Waals surface area contributed by atoms with E-state index in [1.165, 1.54) is 23.9 Å². The van der Waals surface area contributed by atoms with E-state index in [2.05, 4.69) is 21.2 Å². The van der Waals surface area contributed by atoms with Crippen molar-refractivity contribution >= 4 is 56.6 Å². The van der Waals surface area contributed by atoms with Crippen LogP contribution in [0.25, 0.3) is 0 Å². The Morgan fingerprint density at radius 3 is 2.57 bits per heavy atom. The molecular formula is C15H12BrClN2O3S. The number of amides is 1. The normalized spacial score (nSPS) is 10.3. The molecule has 0 bridgehead atoms. The molecule has 0 aliphatic carbocycles. The number of rotatable bonds is 6. The van der Waals surface area contributed by atoms with Crippen LogP contribution in [0.2, 0.25) is 5.02 Å². The van der Waals surface area contributed by atoms with E-state index in [0.717, 1.165) is 10.2 Å². The summed E-state index contributed by atoms with van der Waals surface area (Å²) in [5, 5.41) is 13.8. The van der Waals surface area contributed by atoms with Crippen LogP contribution < -0.4 is 5.32 Å². The Bertz CT molecular complexity index is 725. The standard InChI is InChI=1S/C15H12BrClN2O3S/c16-10-1-3-11(4-2-10)18-15(20)7-8-23-14-6-5-12(19(21)22)9-13(14)17/h1-6,9H,7-8H2,(H,18,20). The number of thioether (sulfide) groups is 1. The van der Waals surface area contributed by atoms with Crippen molar-refractivity contribution in [3.05, 3.63) is 62.1 Å². The van der Waals surface area contributed by atoms with E-state index in [1.807, 2.05) is 24.3 Å². The summed E-state index contributed by atoms with van der Waals surface area (Å²) in [5.41, 5.74) is 0.684. The molecule has 0 aliphatic rings. The van der Waals surface area contributed by atoms with Crippen molar-refractivity contribution in [1.82, 2.24) is 0 Å². The molecule has 120 valence electrons. The molecule has 0 atom stereocenters. The number of carbonyl (C=O) groups excluding carboxylic acids is 1. The first-order valence-corrected chi connectivity index (χ1v) is 8.73. The van der Waals surface area contributed by atoms with Crippen LogP contribution in [0.5, 0.6) is 0 Å². The van der Waals surface area contributed by atoms with E-state index in [9.17, 15) is 14.9 Å². The van der Waals surface area contributed by atoms with E-state index in [1.54, 1.807) is 6.07 Å². The second-order valence-corrected chi connectivity index (χ2v) is 6.98. The number of nitro benzene ring substituents is 1. The van der Waals surface area contributed by atoms with E-state index >= 15 is 0 Å². The highest BCUT2D eigenvalue weighted by atomic mass is 79.9. The molecule has 2 aromatic rings. The molecule has 1 N–H and O–H groups in total. The zero-order valence-electron chi connectivity index (χ0n) is 11.8. The summed E-state index contributed by atoms with van der Waals surface area (Å²) in [7, 11) is 0.